The van der Waals surface area contributed by atoms with Crippen molar-refractivity contribution in [3.63, 3.8) is 0 Å². The molecule has 0 spiro atoms. The number of nitrogens with zero attached hydrogens (tertiary/aromatic N) is 1. The highest BCUT2D eigenvalue weighted by Crippen LogP contribution is 2.17. The lowest BCUT2D eigenvalue weighted by Gasteiger charge is -2.12. The van der Waals surface area contributed by atoms with Crippen molar-refractivity contribution in [1.29, 1.82) is 0 Å². The number of carbonyl (C=O) groups excluding carboxylic acids is 1. The van der Waals surface area contributed by atoms with Crippen molar-refractivity contribution < 1.29 is 4.79 Å². The summed E-state index contributed by atoms with van der Waals surface area (Å²) in [5, 5.41) is 12.2. The van der Waals surface area contributed by atoms with Crippen LogP contribution in [0.2, 0.25) is 0 Å². The lowest BCUT2D eigenvalue weighted by atomic mass is 10.2. The summed E-state index contributed by atoms with van der Waals surface area (Å²) in [6, 6.07) is 0.120. The first-order chi connectivity index (χ1) is 7.79. The molecule has 1 heterocycles. The Morgan fingerprint density at radius 1 is 1.56 bits per heavy atom. The Hall–Kier alpha value is -1.56. The van der Waals surface area contributed by atoms with Crippen LogP contribution in [-0.2, 0) is 6.54 Å². The minimum Gasteiger partial charge on any atom is -0.335 e. The quantitative estimate of drug-likeness (QED) is 0.614. The summed E-state index contributed by atoms with van der Waals surface area (Å²) < 4.78 is 0. The summed E-state index contributed by atoms with van der Waals surface area (Å²) >= 11 is 0. The SMILES string of the molecule is NCc1cn[nH]c1NC(=O)NC1CCCC1. The van der Waals surface area contributed by atoms with Crippen LogP contribution >= 0.6 is 0 Å². The molecule has 1 aliphatic carbocycles. The molecule has 5 N–H and O–H groups in total. The van der Waals surface area contributed by atoms with Crippen LogP contribution < -0.4 is 16.4 Å². The summed E-state index contributed by atoms with van der Waals surface area (Å²) in [7, 11) is 0. The number of rotatable bonds is 3. The molecular weight excluding hydrogens is 206 g/mol. The van der Waals surface area contributed by atoms with Gasteiger partial charge in [0.05, 0.1) is 6.20 Å². The Morgan fingerprint density at radius 2 is 2.31 bits per heavy atom. The molecule has 1 aromatic rings. The van der Waals surface area contributed by atoms with Gasteiger partial charge in [-0.1, -0.05) is 12.8 Å². The van der Waals surface area contributed by atoms with Gasteiger partial charge in [0.2, 0.25) is 0 Å². The number of aromatic nitrogens is 2. The number of carbonyl (C=O) groups is 1. The molecule has 1 aliphatic rings. The first-order valence-corrected chi connectivity index (χ1v) is 5.59. The van der Waals surface area contributed by atoms with Gasteiger partial charge in [-0.3, -0.25) is 10.4 Å². The maximum absolute atomic E-state index is 11.6. The molecule has 0 bridgehead atoms. The summed E-state index contributed by atoms with van der Waals surface area (Å²) in [5.74, 6) is 0.581. The second-order valence-corrected chi connectivity index (χ2v) is 4.05. The van der Waals surface area contributed by atoms with Gasteiger partial charge in [0.25, 0.3) is 0 Å². The van der Waals surface area contributed by atoms with E-state index in [1.165, 1.54) is 12.8 Å². The molecule has 1 fully saturated rings. The third-order valence-corrected chi connectivity index (χ3v) is 2.87. The van der Waals surface area contributed by atoms with E-state index in [0.717, 1.165) is 18.4 Å². The normalized spacial score (nSPS) is 16.3. The van der Waals surface area contributed by atoms with Crippen LogP contribution in [0.25, 0.3) is 0 Å². The van der Waals surface area contributed by atoms with Gasteiger partial charge in [-0.15, -0.1) is 0 Å². The smallest absolute Gasteiger partial charge is 0.320 e. The van der Waals surface area contributed by atoms with Crippen LogP contribution in [0, 0.1) is 0 Å². The number of urea groups is 1. The number of nitrogens with one attached hydrogen (secondary N) is 3. The van der Waals surface area contributed by atoms with E-state index in [1.807, 2.05) is 0 Å². The highest BCUT2D eigenvalue weighted by Gasteiger charge is 2.17. The molecule has 6 heteroatoms. The van der Waals surface area contributed by atoms with E-state index in [-0.39, 0.29) is 6.03 Å². The van der Waals surface area contributed by atoms with E-state index in [0.29, 0.717) is 18.4 Å². The van der Waals surface area contributed by atoms with Crippen LogP contribution in [0.3, 0.4) is 0 Å². The number of hydrogen-bond acceptors (Lipinski definition) is 3. The van der Waals surface area contributed by atoms with E-state index in [1.54, 1.807) is 6.20 Å². The number of aromatic amines is 1. The molecule has 0 saturated heterocycles. The average molecular weight is 223 g/mol. The van der Waals surface area contributed by atoms with Crippen molar-refractivity contribution in [1.82, 2.24) is 15.5 Å². The summed E-state index contributed by atoms with van der Waals surface area (Å²) in [4.78, 5) is 11.6. The van der Waals surface area contributed by atoms with Gasteiger partial charge in [0, 0.05) is 18.2 Å². The maximum atomic E-state index is 11.6. The first kappa shape index (κ1) is 10.9. The number of H-pyrrole nitrogens is 1. The van der Waals surface area contributed by atoms with Gasteiger partial charge < -0.3 is 11.1 Å². The molecule has 16 heavy (non-hydrogen) atoms. The highest BCUT2D eigenvalue weighted by molar-refractivity contribution is 5.89. The Balaban J connectivity index is 1.86. The zero-order valence-electron chi connectivity index (χ0n) is 9.12. The highest BCUT2D eigenvalue weighted by atomic mass is 16.2. The third kappa shape index (κ3) is 2.52. The number of anilines is 1. The van der Waals surface area contributed by atoms with Crippen LogP contribution in [-0.4, -0.2) is 22.3 Å². The van der Waals surface area contributed by atoms with Crippen molar-refractivity contribution in [3.8, 4) is 0 Å². The molecule has 2 amide bonds. The maximum Gasteiger partial charge on any atom is 0.320 e. The Morgan fingerprint density at radius 3 is 3.00 bits per heavy atom. The van der Waals surface area contributed by atoms with Gasteiger partial charge in [-0.25, -0.2) is 4.79 Å². The monoisotopic (exact) mass is 223 g/mol. The fraction of sp³-hybridized carbons (Fsp3) is 0.600. The first-order valence-electron chi connectivity index (χ1n) is 5.59. The molecule has 0 aromatic carbocycles. The number of nitrogens with two attached hydrogens (primary N) is 1. The Labute approximate surface area is 94.0 Å². The predicted octanol–water partition coefficient (Wildman–Crippen LogP) is 0.932. The average Bonchev–Trinajstić information content (AvgIpc) is 2.88. The van der Waals surface area contributed by atoms with Crippen LogP contribution in [0.5, 0.6) is 0 Å². The second-order valence-electron chi connectivity index (χ2n) is 4.05. The van der Waals surface area contributed by atoms with Crippen molar-refractivity contribution in [2.75, 3.05) is 5.32 Å². The molecule has 1 saturated carbocycles. The van der Waals surface area contributed by atoms with Crippen molar-refractivity contribution in [2.24, 2.45) is 5.73 Å². The van der Waals surface area contributed by atoms with Gasteiger partial charge in [0.1, 0.15) is 5.82 Å². The fourth-order valence-corrected chi connectivity index (χ4v) is 1.98. The molecular formula is C10H17N5O. The van der Waals surface area contributed by atoms with Gasteiger partial charge in [-0.05, 0) is 12.8 Å². The molecule has 6 nitrogen and oxygen atoms in total. The van der Waals surface area contributed by atoms with Crippen molar-refractivity contribution >= 4 is 11.8 Å². The van der Waals surface area contributed by atoms with E-state index in [4.69, 9.17) is 5.73 Å². The van der Waals surface area contributed by atoms with Crippen LogP contribution in [0.1, 0.15) is 31.2 Å². The summed E-state index contributed by atoms with van der Waals surface area (Å²) in [6.07, 6.45) is 6.15. The predicted molar refractivity (Wildman–Crippen MR) is 60.9 cm³/mol. The number of amides is 2. The molecule has 88 valence electrons. The standard InChI is InChI=1S/C10H17N5O/c11-5-7-6-12-15-9(7)14-10(16)13-8-3-1-2-4-8/h6,8H,1-5,11H2,(H3,12,13,14,15,16). The Kier molecular flexibility index (Phi) is 3.40. The largest absolute Gasteiger partial charge is 0.335 e. The van der Waals surface area contributed by atoms with Gasteiger partial charge in [0.15, 0.2) is 0 Å². The molecule has 2 rings (SSSR count). The van der Waals surface area contributed by atoms with Crippen LogP contribution in [0.15, 0.2) is 6.20 Å². The Bertz CT molecular complexity index is 356. The molecule has 0 atom stereocenters. The molecule has 0 unspecified atom stereocenters. The fourth-order valence-electron chi connectivity index (χ4n) is 1.98. The molecule has 0 radical (unpaired) electrons. The summed E-state index contributed by atoms with van der Waals surface area (Å²) in [6.45, 7) is 0.357. The van der Waals surface area contributed by atoms with Gasteiger partial charge >= 0.3 is 6.03 Å². The second kappa shape index (κ2) is 4.98. The van der Waals surface area contributed by atoms with E-state index in [9.17, 15) is 4.79 Å². The molecule has 1 aromatic heterocycles. The van der Waals surface area contributed by atoms with E-state index >= 15 is 0 Å². The minimum absolute atomic E-state index is 0.189. The lowest BCUT2D eigenvalue weighted by molar-refractivity contribution is 0.248. The van der Waals surface area contributed by atoms with E-state index < -0.39 is 0 Å². The minimum atomic E-state index is -0.189. The summed E-state index contributed by atoms with van der Waals surface area (Å²) in [5.41, 5.74) is 6.31. The van der Waals surface area contributed by atoms with Crippen molar-refractivity contribution in [3.05, 3.63) is 11.8 Å². The molecule has 0 aliphatic heterocycles. The topological polar surface area (TPSA) is 95.8 Å². The third-order valence-electron chi connectivity index (χ3n) is 2.87. The van der Waals surface area contributed by atoms with Gasteiger partial charge in [-0.2, -0.15) is 5.10 Å². The van der Waals surface area contributed by atoms with Crippen molar-refractivity contribution in [2.45, 2.75) is 38.3 Å². The zero-order valence-corrected chi connectivity index (χ0v) is 9.12. The van der Waals surface area contributed by atoms with Crippen LogP contribution in [0.4, 0.5) is 10.6 Å². The lowest BCUT2D eigenvalue weighted by Crippen LogP contribution is -2.36. The van der Waals surface area contributed by atoms with E-state index in [2.05, 4.69) is 20.8 Å². The number of hydrogen-bond donors (Lipinski definition) is 4. The zero-order chi connectivity index (χ0) is 11.4.